The molecule has 1 amide bonds. The van der Waals surface area contributed by atoms with Crippen LogP contribution in [0.25, 0.3) is 0 Å². The van der Waals surface area contributed by atoms with Gasteiger partial charge < -0.3 is 16.2 Å². The SMILES string of the molecule is CCCC(NC(=O)CCc1ccc(N)cc1)C(=O)O. The van der Waals surface area contributed by atoms with E-state index < -0.39 is 12.0 Å². The largest absolute Gasteiger partial charge is 0.480 e. The van der Waals surface area contributed by atoms with E-state index in [4.69, 9.17) is 10.8 Å². The first-order valence-corrected chi connectivity index (χ1v) is 6.39. The van der Waals surface area contributed by atoms with E-state index in [9.17, 15) is 9.59 Å². The molecule has 0 heterocycles. The highest BCUT2D eigenvalue weighted by Gasteiger charge is 2.18. The van der Waals surface area contributed by atoms with Gasteiger partial charge in [-0.25, -0.2) is 4.79 Å². The summed E-state index contributed by atoms with van der Waals surface area (Å²) in [6, 6.07) is 6.51. The summed E-state index contributed by atoms with van der Waals surface area (Å²) in [7, 11) is 0. The number of amides is 1. The molecule has 0 saturated heterocycles. The Labute approximate surface area is 112 Å². The average molecular weight is 264 g/mol. The number of aliphatic carboxylic acids is 1. The minimum atomic E-state index is -0.984. The van der Waals surface area contributed by atoms with Crippen molar-refractivity contribution in [3.63, 3.8) is 0 Å². The smallest absolute Gasteiger partial charge is 0.326 e. The molecule has 5 heteroatoms. The monoisotopic (exact) mass is 264 g/mol. The lowest BCUT2D eigenvalue weighted by Crippen LogP contribution is -2.40. The topological polar surface area (TPSA) is 92.4 Å². The lowest BCUT2D eigenvalue weighted by Gasteiger charge is -2.13. The molecule has 104 valence electrons. The second kappa shape index (κ2) is 7.41. The Bertz CT molecular complexity index is 429. The molecule has 1 atom stereocenters. The molecule has 0 aliphatic heterocycles. The van der Waals surface area contributed by atoms with Crippen molar-refractivity contribution in [3.05, 3.63) is 29.8 Å². The highest BCUT2D eigenvalue weighted by molar-refractivity contribution is 5.83. The molecule has 1 unspecified atom stereocenters. The van der Waals surface area contributed by atoms with E-state index in [1.807, 2.05) is 19.1 Å². The third-order valence-electron chi connectivity index (χ3n) is 2.83. The minimum absolute atomic E-state index is 0.238. The van der Waals surface area contributed by atoms with Crippen molar-refractivity contribution >= 4 is 17.6 Å². The van der Waals surface area contributed by atoms with Crippen molar-refractivity contribution in [2.75, 3.05) is 5.73 Å². The Morgan fingerprint density at radius 3 is 2.47 bits per heavy atom. The molecule has 0 spiro atoms. The average Bonchev–Trinajstić information content (AvgIpc) is 2.37. The summed E-state index contributed by atoms with van der Waals surface area (Å²) in [4.78, 5) is 22.6. The maximum Gasteiger partial charge on any atom is 0.326 e. The van der Waals surface area contributed by atoms with Gasteiger partial charge in [-0.05, 0) is 30.5 Å². The number of aryl methyl sites for hydroxylation is 1. The quantitative estimate of drug-likeness (QED) is 0.652. The van der Waals surface area contributed by atoms with Crippen LogP contribution in [0.1, 0.15) is 31.7 Å². The van der Waals surface area contributed by atoms with Gasteiger partial charge in [0.1, 0.15) is 6.04 Å². The number of carboxylic acid groups (broad SMARTS) is 1. The summed E-state index contributed by atoms with van der Waals surface area (Å²) < 4.78 is 0. The van der Waals surface area contributed by atoms with Crippen LogP contribution >= 0.6 is 0 Å². The summed E-state index contributed by atoms with van der Waals surface area (Å²) in [6.07, 6.45) is 2.01. The number of nitrogens with two attached hydrogens (primary N) is 1. The van der Waals surface area contributed by atoms with Gasteiger partial charge in [0.05, 0.1) is 0 Å². The number of carbonyl (C=O) groups is 2. The fourth-order valence-electron chi connectivity index (χ4n) is 1.75. The normalized spacial score (nSPS) is 11.8. The van der Waals surface area contributed by atoms with Gasteiger partial charge in [0.15, 0.2) is 0 Å². The van der Waals surface area contributed by atoms with Crippen LogP contribution in [0.15, 0.2) is 24.3 Å². The summed E-state index contributed by atoms with van der Waals surface area (Å²) in [5.41, 5.74) is 7.26. The van der Waals surface area contributed by atoms with Crippen molar-refractivity contribution in [2.24, 2.45) is 0 Å². The first kappa shape index (κ1) is 15.0. The molecule has 0 saturated carbocycles. The van der Waals surface area contributed by atoms with Gasteiger partial charge in [-0.1, -0.05) is 25.5 Å². The minimum Gasteiger partial charge on any atom is -0.480 e. The van der Waals surface area contributed by atoms with Crippen LogP contribution in [-0.4, -0.2) is 23.0 Å². The Hall–Kier alpha value is -2.04. The highest BCUT2D eigenvalue weighted by atomic mass is 16.4. The van der Waals surface area contributed by atoms with Crippen molar-refractivity contribution in [1.29, 1.82) is 0 Å². The molecule has 1 aromatic carbocycles. The zero-order chi connectivity index (χ0) is 14.3. The van der Waals surface area contributed by atoms with Gasteiger partial charge in [0.25, 0.3) is 0 Å². The van der Waals surface area contributed by atoms with Crippen LogP contribution in [-0.2, 0) is 16.0 Å². The fourth-order valence-corrected chi connectivity index (χ4v) is 1.75. The van der Waals surface area contributed by atoms with Crippen LogP contribution in [0, 0.1) is 0 Å². The number of hydrogen-bond acceptors (Lipinski definition) is 3. The van der Waals surface area contributed by atoms with E-state index in [0.29, 0.717) is 18.5 Å². The molecule has 0 radical (unpaired) electrons. The summed E-state index contributed by atoms with van der Waals surface area (Å²) >= 11 is 0. The van der Waals surface area contributed by atoms with Gasteiger partial charge in [-0.2, -0.15) is 0 Å². The van der Waals surface area contributed by atoms with Gasteiger partial charge in [0.2, 0.25) is 5.91 Å². The third kappa shape index (κ3) is 5.42. The molecular formula is C14H20N2O3. The number of carbonyl (C=O) groups excluding carboxylic acids is 1. The second-order valence-corrected chi connectivity index (χ2v) is 4.49. The molecule has 0 aromatic heterocycles. The second-order valence-electron chi connectivity index (χ2n) is 4.49. The molecule has 0 aliphatic carbocycles. The number of anilines is 1. The number of carboxylic acids is 1. The third-order valence-corrected chi connectivity index (χ3v) is 2.83. The van der Waals surface area contributed by atoms with E-state index in [2.05, 4.69) is 5.32 Å². The lowest BCUT2D eigenvalue weighted by molar-refractivity contribution is -0.142. The molecule has 1 aromatic rings. The molecule has 19 heavy (non-hydrogen) atoms. The Kier molecular flexibility index (Phi) is 5.85. The zero-order valence-corrected chi connectivity index (χ0v) is 11.1. The van der Waals surface area contributed by atoms with Crippen LogP contribution in [0.2, 0.25) is 0 Å². The molecule has 5 nitrogen and oxygen atoms in total. The van der Waals surface area contributed by atoms with Crippen molar-refractivity contribution in [3.8, 4) is 0 Å². The Morgan fingerprint density at radius 2 is 1.95 bits per heavy atom. The first-order chi connectivity index (χ1) is 9.02. The maximum absolute atomic E-state index is 11.7. The Morgan fingerprint density at radius 1 is 1.32 bits per heavy atom. The number of nitrogens with one attached hydrogen (secondary N) is 1. The van der Waals surface area contributed by atoms with E-state index in [1.54, 1.807) is 12.1 Å². The Balaban J connectivity index is 2.42. The predicted molar refractivity (Wildman–Crippen MR) is 73.6 cm³/mol. The fraction of sp³-hybridized carbons (Fsp3) is 0.429. The zero-order valence-electron chi connectivity index (χ0n) is 11.1. The van der Waals surface area contributed by atoms with Crippen molar-refractivity contribution in [2.45, 2.75) is 38.6 Å². The van der Waals surface area contributed by atoms with Crippen LogP contribution < -0.4 is 11.1 Å². The molecular weight excluding hydrogens is 244 g/mol. The highest BCUT2D eigenvalue weighted by Crippen LogP contribution is 2.08. The van der Waals surface area contributed by atoms with Crippen molar-refractivity contribution < 1.29 is 14.7 Å². The van der Waals surface area contributed by atoms with E-state index in [-0.39, 0.29) is 12.3 Å². The molecule has 4 N–H and O–H groups in total. The summed E-state index contributed by atoms with van der Waals surface area (Å²) in [5.74, 6) is -1.22. The number of nitrogen functional groups attached to an aromatic ring is 1. The van der Waals surface area contributed by atoms with E-state index >= 15 is 0 Å². The van der Waals surface area contributed by atoms with Gasteiger partial charge in [-0.3, -0.25) is 4.79 Å². The number of benzene rings is 1. The maximum atomic E-state index is 11.7. The van der Waals surface area contributed by atoms with Crippen LogP contribution in [0.4, 0.5) is 5.69 Å². The van der Waals surface area contributed by atoms with Crippen molar-refractivity contribution in [1.82, 2.24) is 5.32 Å². The molecule has 0 fully saturated rings. The number of hydrogen-bond donors (Lipinski definition) is 3. The van der Waals surface area contributed by atoms with E-state index in [1.165, 1.54) is 0 Å². The van der Waals surface area contributed by atoms with Crippen LogP contribution in [0.3, 0.4) is 0 Å². The lowest BCUT2D eigenvalue weighted by atomic mass is 10.1. The van der Waals surface area contributed by atoms with Gasteiger partial charge in [-0.15, -0.1) is 0 Å². The molecule has 0 bridgehead atoms. The molecule has 1 rings (SSSR count). The summed E-state index contributed by atoms with van der Waals surface area (Å²) in [6.45, 7) is 1.89. The first-order valence-electron chi connectivity index (χ1n) is 6.39. The number of rotatable bonds is 7. The van der Waals surface area contributed by atoms with Gasteiger partial charge >= 0.3 is 5.97 Å². The predicted octanol–water partition coefficient (Wildman–Crippen LogP) is 1.57. The summed E-state index contributed by atoms with van der Waals surface area (Å²) in [5, 5.41) is 11.5. The molecule has 0 aliphatic rings. The standard InChI is InChI=1S/C14H20N2O3/c1-2-3-12(14(18)19)16-13(17)9-6-10-4-7-11(15)8-5-10/h4-5,7-8,12H,2-3,6,9,15H2,1H3,(H,16,17)(H,18,19). The van der Waals surface area contributed by atoms with Gasteiger partial charge in [0, 0.05) is 12.1 Å². The van der Waals surface area contributed by atoms with Crippen LogP contribution in [0.5, 0.6) is 0 Å². The van der Waals surface area contributed by atoms with E-state index in [0.717, 1.165) is 12.0 Å².